The average Bonchev–Trinajstić information content (AvgIpc) is 2.49. The van der Waals surface area contributed by atoms with E-state index in [0.29, 0.717) is 24.5 Å². The van der Waals surface area contributed by atoms with Crippen molar-refractivity contribution in [3.8, 4) is 0 Å². The Morgan fingerprint density at radius 1 is 1.29 bits per heavy atom. The van der Waals surface area contributed by atoms with Crippen LogP contribution in [0.5, 0.6) is 0 Å². The molecule has 0 saturated carbocycles. The Hall–Kier alpha value is -1.92. The Balaban J connectivity index is 1.97. The molecule has 6 heteroatoms. The zero-order valence-corrected chi connectivity index (χ0v) is 13.2. The van der Waals surface area contributed by atoms with E-state index in [1.54, 1.807) is 25.4 Å². The molecule has 0 unspecified atom stereocenters. The lowest BCUT2D eigenvalue weighted by atomic mass is 10.2. The normalized spacial score (nSPS) is 10.2. The van der Waals surface area contributed by atoms with Crippen LogP contribution in [0.3, 0.4) is 0 Å². The second-order valence-corrected chi connectivity index (χ2v) is 5.14. The van der Waals surface area contributed by atoms with Crippen LogP contribution in [0.4, 0.5) is 11.5 Å². The molecule has 110 valence electrons. The minimum absolute atomic E-state index is 0.199. The number of nitrogens with one attached hydrogen (secondary N) is 2. The van der Waals surface area contributed by atoms with Gasteiger partial charge in [-0.1, -0.05) is 12.1 Å². The van der Waals surface area contributed by atoms with Crippen LogP contribution >= 0.6 is 15.9 Å². The highest BCUT2D eigenvalue weighted by Crippen LogP contribution is 2.17. The molecule has 5 nitrogen and oxygen atoms in total. The number of benzene rings is 1. The van der Waals surface area contributed by atoms with Crippen molar-refractivity contribution in [1.82, 2.24) is 4.98 Å². The summed E-state index contributed by atoms with van der Waals surface area (Å²) in [5.74, 6) is 0.308. The maximum Gasteiger partial charge on any atom is 0.257 e. The molecule has 0 saturated heterocycles. The Morgan fingerprint density at radius 2 is 2.10 bits per heavy atom. The molecule has 0 aliphatic carbocycles. The third-order valence-corrected chi connectivity index (χ3v) is 3.45. The molecule has 0 fully saturated rings. The largest absolute Gasteiger partial charge is 0.383 e. The van der Waals surface area contributed by atoms with Crippen molar-refractivity contribution in [2.45, 2.75) is 0 Å². The molecule has 1 aromatic carbocycles. The fourth-order valence-corrected chi connectivity index (χ4v) is 2.16. The van der Waals surface area contributed by atoms with Crippen molar-refractivity contribution >= 4 is 33.3 Å². The molecule has 21 heavy (non-hydrogen) atoms. The Labute approximate surface area is 131 Å². The van der Waals surface area contributed by atoms with Crippen molar-refractivity contribution < 1.29 is 9.53 Å². The van der Waals surface area contributed by atoms with E-state index in [0.717, 1.165) is 10.2 Å². The second kappa shape index (κ2) is 7.75. The van der Waals surface area contributed by atoms with Crippen molar-refractivity contribution in [2.75, 3.05) is 30.9 Å². The number of carbonyl (C=O) groups excluding carboxylic acids is 1. The molecule has 1 heterocycles. The molecule has 0 spiro atoms. The standard InChI is InChI=1S/C15H16BrN3O2/c1-21-9-8-17-11-6-7-14(18-10-11)19-15(20)12-4-2-3-5-13(12)16/h2-7,10,17H,8-9H2,1H3,(H,18,19,20). The van der Waals surface area contributed by atoms with E-state index in [-0.39, 0.29) is 5.91 Å². The monoisotopic (exact) mass is 349 g/mol. The molecule has 0 aliphatic rings. The molecule has 0 aliphatic heterocycles. The Morgan fingerprint density at radius 3 is 2.76 bits per heavy atom. The molecule has 1 aromatic heterocycles. The van der Waals surface area contributed by atoms with Crippen LogP contribution in [0.2, 0.25) is 0 Å². The molecule has 2 N–H and O–H groups in total. The zero-order valence-electron chi connectivity index (χ0n) is 11.6. The smallest absolute Gasteiger partial charge is 0.257 e. The number of anilines is 2. The highest BCUT2D eigenvalue weighted by molar-refractivity contribution is 9.10. The maximum absolute atomic E-state index is 12.1. The fourth-order valence-electron chi connectivity index (χ4n) is 1.70. The summed E-state index contributed by atoms with van der Waals surface area (Å²) in [6.07, 6.45) is 1.67. The number of pyridine rings is 1. The van der Waals surface area contributed by atoms with Crippen molar-refractivity contribution in [3.05, 3.63) is 52.6 Å². The summed E-state index contributed by atoms with van der Waals surface area (Å²) in [7, 11) is 1.65. The van der Waals surface area contributed by atoms with Crippen LogP contribution in [0.25, 0.3) is 0 Å². The number of nitrogens with zero attached hydrogens (tertiary/aromatic N) is 1. The second-order valence-electron chi connectivity index (χ2n) is 4.29. The molecular formula is C15H16BrN3O2. The van der Waals surface area contributed by atoms with Gasteiger partial charge in [0, 0.05) is 18.1 Å². The van der Waals surface area contributed by atoms with Gasteiger partial charge in [-0.15, -0.1) is 0 Å². The number of methoxy groups -OCH3 is 1. The molecule has 2 aromatic rings. The van der Waals surface area contributed by atoms with Gasteiger partial charge in [0.15, 0.2) is 0 Å². The van der Waals surface area contributed by atoms with Gasteiger partial charge in [-0.25, -0.2) is 4.98 Å². The summed E-state index contributed by atoms with van der Waals surface area (Å²) in [5.41, 5.74) is 1.45. The number of hydrogen-bond donors (Lipinski definition) is 2. The van der Waals surface area contributed by atoms with Crippen LogP contribution in [0, 0.1) is 0 Å². The van der Waals surface area contributed by atoms with Crippen LogP contribution in [0.1, 0.15) is 10.4 Å². The lowest BCUT2D eigenvalue weighted by Crippen LogP contribution is -2.13. The van der Waals surface area contributed by atoms with Gasteiger partial charge in [0.25, 0.3) is 5.91 Å². The SMILES string of the molecule is COCCNc1ccc(NC(=O)c2ccccc2Br)nc1. The molecule has 1 amide bonds. The quantitative estimate of drug-likeness (QED) is 0.786. The summed E-state index contributed by atoms with van der Waals surface area (Å²) in [4.78, 5) is 16.3. The van der Waals surface area contributed by atoms with Crippen LogP contribution < -0.4 is 10.6 Å². The maximum atomic E-state index is 12.1. The van der Waals surface area contributed by atoms with E-state index in [1.165, 1.54) is 0 Å². The van der Waals surface area contributed by atoms with Gasteiger partial charge in [0.05, 0.1) is 24.1 Å². The van der Waals surface area contributed by atoms with Crippen molar-refractivity contribution in [1.29, 1.82) is 0 Å². The van der Waals surface area contributed by atoms with Gasteiger partial charge < -0.3 is 15.4 Å². The van der Waals surface area contributed by atoms with Gasteiger partial charge in [-0.05, 0) is 40.2 Å². The van der Waals surface area contributed by atoms with Gasteiger partial charge >= 0.3 is 0 Å². The number of carbonyl (C=O) groups is 1. The number of rotatable bonds is 6. The number of halogens is 1. The highest BCUT2D eigenvalue weighted by atomic mass is 79.9. The van der Waals surface area contributed by atoms with E-state index < -0.39 is 0 Å². The first-order valence-corrected chi connectivity index (χ1v) is 7.25. The summed E-state index contributed by atoms with van der Waals surface area (Å²) >= 11 is 3.35. The third kappa shape index (κ3) is 4.54. The lowest BCUT2D eigenvalue weighted by Gasteiger charge is -2.08. The fraction of sp³-hybridized carbons (Fsp3) is 0.200. The average molecular weight is 350 g/mol. The molecule has 0 atom stereocenters. The summed E-state index contributed by atoms with van der Waals surface area (Å²) in [5, 5.41) is 5.92. The Bertz CT molecular complexity index is 602. The number of ether oxygens (including phenoxy) is 1. The van der Waals surface area contributed by atoms with Crippen LogP contribution in [-0.4, -0.2) is 31.2 Å². The minimum Gasteiger partial charge on any atom is -0.383 e. The summed E-state index contributed by atoms with van der Waals surface area (Å²) in [6.45, 7) is 1.33. The van der Waals surface area contributed by atoms with Crippen LogP contribution in [0.15, 0.2) is 47.1 Å². The van der Waals surface area contributed by atoms with Gasteiger partial charge in [-0.2, -0.15) is 0 Å². The molecule has 0 radical (unpaired) electrons. The number of hydrogen-bond acceptors (Lipinski definition) is 4. The lowest BCUT2D eigenvalue weighted by molar-refractivity contribution is 0.102. The molecule has 0 bridgehead atoms. The minimum atomic E-state index is -0.199. The van der Waals surface area contributed by atoms with E-state index >= 15 is 0 Å². The topological polar surface area (TPSA) is 63.2 Å². The van der Waals surface area contributed by atoms with E-state index in [1.807, 2.05) is 24.3 Å². The first-order valence-electron chi connectivity index (χ1n) is 6.45. The summed E-state index contributed by atoms with van der Waals surface area (Å²) in [6, 6.07) is 10.9. The van der Waals surface area contributed by atoms with Gasteiger partial charge in [0.1, 0.15) is 5.82 Å². The summed E-state index contributed by atoms with van der Waals surface area (Å²) < 4.78 is 5.71. The Kier molecular flexibility index (Phi) is 5.71. The van der Waals surface area contributed by atoms with Gasteiger partial charge in [0.2, 0.25) is 0 Å². The first kappa shape index (κ1) is 15.5. The zero-order chi connectivity index (χ0) is 15.1. The van der Waals surface area contributed by atoms with E-state index in [4.69, 9.17) is 4.74 Å². The van der Waals surface area contributed by atoms with Crippen molar-refractivity contribution in [3.63, 3.8) is 0 Å². The highest BCUT2D eigenvalue weighted by Gasteiger charge is 2.09. The number of aromatic nitrogens is 1. The van der Waals surface area contributed by atoms with Gasteiger partial charge in [-0.3, -0.25) is 4.79 Å². The predicted octanol–water partition coefficient (Wildman–Crippen LogP) is 3.15. The van der Waals surface area contributed by atoms with Crippen LogP contribution in [-0.2, 0) is 4.74 Å². The molecular weight excluding hydrogens is 334 g/mol. The van der Waals surface area contributed by atoms with Crippen molar-refractivity contribution in [2.24, 2.45) is 0 Å². The molecule has 2 rings (SSSR count). The third-order valence-electron chi connectivity index (χ3n) is 2.76. The van der Waals surface area contributed by atoms with E-state index in [2.05, 4.69) is 31.5 Å². The number of amides is 1. The predicted molar refractivity (Wildman–Crippen MR) is 86.7 cm³/mol. The van der Waals surface area contributed by atoms with E-state index in [9.17, 15) is 4.79 Å². The first-order chi connectivity index (χ1) is 10.2.